The van der Waals surface area contributed by atoms with Gasteiger partial charge in [0, 0.05) is 0 Å². The van der Waals surface area contributed by atoms with Gasteiger partial charge in [-0.25, -0.2) is 4.98 Å². The molecular weight excluding hydrogens is 306 g/mol. The molecule has 0 fully saturated rings. The van der Waals surface area contributed by atoms with Crippen LogP contribution in [0.3, 0.4) is 0 Å². The fraction of sp³-hybridized carbons (Fsp3) is 0.222. The molecule has 0 radical (unpaired) electrons. The number of ether oxygens (including phenoxy) is 2. The van der Waals surface area contributed by atoms with E-state index in [1.807, 2.05) is 42.5 Å². The van der Waals surface area contributed by atoms with Crippen molar-refractivity contribution in [3.63, 3.8) is 0 Å². The maximum absolute atomic E-state index is 11.5. The molecule has 0 saturated carbocycles. The van der Waals surface area contributed by atoms with E-state index >= 15 is 0 Å². The van der Waals surface area contributed by atoms with Crippen molar-refractivity contribution in [3.8, 4) is 16.9 Å². The normalized spacial score (nSPS) is 10.6. The van der Waals surface area contributed by atoms with Crippen LogP contribution < -0.4 is 4.74 Å². The molecule has 0 atom stereocenters. The molecule has 3 rings (SSSR count). The van der Waals surface area contributed by atoms with Crippen LogP contribution in [0.25, 0.3) is 22.2 Å². The second-order valence-electron chi connectivity index (χ2n) is 5.14. The van der Waals surface area contributed by atoms with E-state index in [9.17, 15) is 4.79 Å². The Kier molecular flexibility index (Phi) is 4.65. The molecule has 0 amide bonds. The molecule has 0 spiro atoms. The molecule has 0 aliphatic rings. The minimum atomic E-state index is -0.353. The highest BCUT2D eigenvalue weighted by molar-refractivity contribution is 5.81. The first-order valence-electron chi connectivity index (χ1n) is 7.63. The number of benzene rings is 2. The molecule has 3 aromatic rings. The van der Waals surface area contributed by atoms with Crippen molar-refractivity contribution in [1.82, 2.24) is 15.2 Å². The fourth-order valence-corrected chi connectivity index (χ4v) is 2.35. The van der Waals surface area contributed by atoms with Gasteiger partial charge < -0.3 is 9.47 Å². The van der Waals surface area contributed by atoms with Gasteiger partial charge in [0.25, 0.3) is 0 Å². The summed E-state index contributed by atoms with van der Waals surface area (Å²) in [5, 5.41) is 8.18. The Balaban J connectivity index is 1.87. The Labute approximate surface area is 139 Å². The lowest BCUT2D eigenvalue weighted by Crippen LogP contribution is -2.11. The summed E-state index contributed by atoms with van der Waals surface area (Å²) in [6.45, 7) is 2.10. The highest BCUT2D eigenvalue weighted by atomic mass is 16.5. The van der Waals surface area contributed by atoms with E-state index in [1.165, 1.54) is 0 Å². The van der Waals surface area contributed by atoms with Crippen LogP contribution in [0.5, 0.6) is 5.75 Å². The van der Waals surface area contributed by atoms with Gasteiger partial charge in [0.15, 0.2) is 5.82 Å². The largest absolute Gasteiger partial charge is 0.497 e. The first kappa shape index (κ1) is 15.9. The molecule has 122 valence electrons. The van der Waals surface area contributed by atoms with E-state index < -0.39 is 0 Å². The summed E-state index contributed by atoms with van der Waals surface area (Å²) >= 11 is 0. The van der Waals surface area contributed by atoms with Crippen molar-refractivity contribution < 1.29 is 14.3 Å². The van der Waals surface area contributed by atoms with E-state index in [4.69, 9.17) is 9.47 Å². The molecule has 6 nitrogen and oxygen atoms in total. The Hall–Kier alpha value is -3.02. The first-order valence-corrected chi connectivity index (χ1v) is 7.63. The van der Waals surface area contributed by atoms with E-state index in [1.54, 1.807) is 14.0 Å². The number of hydrogen-bond donors (Lipinski definition) is 0. The smallest absolute Gasteiger partial charge is 0.313 e. The zero-order chi connectivity index (χ0) is 16.9. The molecular formula is C18H17N3O3. The lowest BCUT2D eigenvalue weighted by molar-refractivity contribution is -0.142. The van der Waals surface area contributed by atoms with Crippen LogP contribution in [0, 0.1) is 0 Å². The number of rotatable bonds is 5. The third-order valence-corrected chi connectivity index (χ3v) is 3.53. The quantitative estimate of drug-likeness (QED) is 0.672. The van der Waals surface area contributed by atoms with Crippen LogP contribution in [0.2, 0.25) is 0 Å². The van der Waals surface area contributed by atoms with Crippen LogP contribution in [0.4, 0.5) is 0 Å². The van der Waals surface area contributed by atoms with Gasteiger partial charge >= 0.3 is 5.97 Å². The SMILES string of the molecule is CCOC(=O)Cc1nnc2cc(-c3ccc(OC)cc3)ccc2n1. The van der Waals surface area contributed by atoms with E-state index in [0.29, 0.717) is 23.5 Å². The summed E-state index contributed by atoms with van der Waals surface area (Å²) in [6, 6.07) is 13.5. The maximum atomic E-state index is 11.5. The highest BCUT2D eigenvalue weighted by Crippen LogP contribution is 2.24. The number of nitrogens with zero attached hydrogens (tertiary/aromatic N) is 3. The second-order valence-corrected chi connectivity index (χ2v) is 5.14. The summed E-state index contributed by atoms with van der Waals surface area (Å²) < 4.78 is 10.1. The predicted molar refractivity (Wildman–Crippen MR) is 89.7 cm³/mol. The lowest BCUT2D eigenvalue weighted by Gasteiger charge is -2.06. The molecule has 1 aromatic heterocycles. The topological polar surface area (TPSA) is 74.2 Å². The van der Waals surface area contributed by atoms with E-state index in [0.717, 1.165) is 16.9 Å². The van der Waals surface area contributed by atoms with Gasteiger partial charge in [0.2, 0.25) is 0 Å². The molecule has 0 unspecified atom stereocenters. The second kappa shape index (κ2) is 7.04. The molecule has 0 aliphatic heterocycles. The number of carbonyl (C=O) groups is 1. The molecule has 0 bridgehead atoms. The van der Waals surface area contributed by atoms with Gasteiger partial charge in [-0.1, -0.05) is 18.2 Å². The molecule has 0 saturated heterocycles. The van der Waals surface area contributed by atoms with Crippen molar-refractivity contribution in [2.75, 3.05) is 13.7 Å². The first-order chi connectivity index (χ1) is 11.7. The van der Waals surface area contributed by atoms with Gasteiger partial charge in [0.05, 0.1) is 19.2 Å². The van der Waals surface area contributed by atoms with Gasteiger partial charge in [0.1, 0.15) is 17.7 Å². The minimum Gasteiger partial charge on any atom is -0.497 e. The number of carbonyl (C=O) groups excluding carboxylic acids is 1. The maximum Gasteiger partial charge on any atom is 0.313 e. The standard InChI is InChI=1S/C18H17N3O3/c1-3-24-18(22)11-17-19-15-9-6-13(10-16(15)20-21-17)12-4-7-14(23-2)8-5-12/h4-10H,3,11H2,1-2H3. The number of aromatic nitrogens is 3. The zero-order valence-electron chi connectivity index (χ0n) is 13.5. The van der Waals surface area contributed by atoms with Crippen molar-refractivity contribution >= 4 is 17.0 Å². The summed E-state index contributed by atoms with van der Waals surface area (Å²) in [5.74, 6) is 0.816. The van der Waals surface area contributed by atoms with Crippen molar-refractivity contribution in [3.05, 3.63) is 48.3 Å². The minimum absolute atomic E-state index is 0.0248. The predicted octanol–water partition coefficient (Wildman–Crippen LogP) is 2.81. The summed E-state index contributed by atoms with van der Waals surface area (Å²) in [6.07, 6.45) is 0.0248. The van der Waals surface area contributed by atoms with Gasteiger partial charge in [-0.15, -0.1) is 10.2 Å². The van der Waals surface area contributed by atoms with Crippen molar-refractivity contribution in [2.24, 2.45) is 0 Å². The van der Waals surface area contributed by atoms with Crippen LogP contribution in [0.15, 0.2) is 42.5 Å². The lowest BCUT2D eigenvalue weighted by atomic mass is 10.0. The number of fused-ring (bicyclic) bond motifs is 1. The molecule has 0 N–H and O–H groups in total. The number of esters is 1. The third kappa shape index (κ3) is 3.48. The Morgan fingerprint density at radius 3 is 2.46 bits per heavy atom. The average molecular weight is 323 g/mol. The Morgan fingerprint density at radius 2 is 1.75 bits per heavy atom. The molecule has 6 heteroatoms. The summed E-state index contributed by atoms with van der Waals surface area (Å²) in [4.78, 5) is 15.9. The van der Waals surface area contributed by atoms with Crippen molar-refractivity contribution in [2.45, 2.75) is 13.3 Å². The number of methoxy groups -OCH3 is 1. The summed E-state index contributed by atoms with van der Waals surface area (Å²) in [5.41, 5.74) is 3.44. The number of hydrogen-bond acceptors (Lipinski definition) is 6. The van der Waals surface area contributed by atoms with Gasteiger partial charge in [-0.2, -0.15) is 0 Å². The third-order valence-electron chi connectivity index (χ3n) is 3.53. The van der Waals surface area contributed by atoms with Crippen LogP contribution in [0.1, 0.15) is 12.7 Å². The van der Waals surface area contributed by atoms with Gasteiger partial charge in [-0.3, -0.25) is 4.79 Å². The van der Waals surface area contributed by atoms with Crippen molar-refractivity contribution in [1.29, 1.82) is 0 Å². The van der Waals surface area contributed by atoms with E-state index in [-0.39, 0.29) is 12.4 Å². The Bertz CT molecular complexity index is 863. The molecule has 24 heavy (non-hydrogen) atoms. The van der Waals surface area contributed by atoms with Crippen LogP contribution in [-0.2, 0) is 16.0 Å². The highest BCUT2D eigenvalue weighted by Gasteiger charge is 2.09. The molecule has 0 aliphatic carbocycles. The van der Waals surface area contributed by atoms with Crippen LogP contribution in [-0.4, -0.2) is 34.9 Å². The monoisotopic (exact) mass is 323 g/mol. The average Bonchev–Trinajstić information content (AvgIpc) is 2.61. The van der Waals surface area contributed by atoms with E-state index in [2.05, 4.69) is 15.2 Å². The Morgan fingerprint density at radius 1 is 1.00 bits per heavy atom. The van der Waals surface area contributed by atoms with Gasteiger partial charge in [-0.05, 0) is 42.3 Å². The fourth-order valence-electron chi connectivity index (χ4n) is 2.35. The molecule has 2 aromatic carbocycles. The van der Waals surface area contributed by atoms with Crippen LogP contribution >= 0.6 is 0 Å². The summed E-state index contributed by atoms with van der Waals surface area (Å²) in [7, 11) is 1.64. The zero-order valence-corrected chi connectivity index (χ0v) is 13.5. The molecule has 1 heterocycles.